The first-order valence-corrected chi connectivity index (χ1v) is 7.50. The van der Waals surface area contributed by atoms with Gasteiger partial charge in [-0.05, 0) is 32.9 Å². The molecule has 108 valence electrons. The van der Waals surface area contributed by atoms with Gasteiger partial charge in [0.2, 0.25) is 0 Å². The Kier molecular flexibility index (Phi) is 7.76. The Morgan fingerprint density at radius 2 is 1.74 bits per heavy atom. The molecule has 0 saturated carbocycles. The van der Waals surface area contributed by atoms with Gasteiger partial charge in [0.05, 0.1) is 12.6 Å². The van der Waals surface area contributed by atoms with Crippen molar-refractivity contribution in [3.63, 3.8) is 0 Å². The molecule has 1 aromatic rings. The van der Waals surface area contributed by atoms with E-state index in [0.717, 1.165) is 13.2 Å². The number of aryl methyl sites for hydroxylation is 2. The lowest BCUT2D eigenvalue weighted by molar-refractivity contribution is 0.110. The number of unbranched alkanes of at least 4 members (excludes halogenated alkanes) is 3. The van der Waals surface area contributed by atoms with E-state index in [9.17, 15) is 0 Å². The van der Waals surface area contributed by atoms with E-state index in [1.165, 1.54) is 42.4 Å². The molecule has 0 spiro atoms. The Morgan fingerprint density at radius 3 is 2.32 bits per heavy atom. The third-order valence-corrected chi connectivity index (χ3v) is 3.42. The van der Waals surface area contributed by atoms with Gasteiger partial charge in [-0.25, -0.2) is 0 Å². The minimum Gasteiger partial charge on any atom is -0.379 e. The molecule has 19 heavy (non-hydrogen) atoms. The Hall–Kier alpha value is -0.860. The van der Waals surface area contributed by atoms with Gasteiger partial charge in [-0.3, -0.25) is 0 Å². The van der Waals surface area contributed by atoms with Crippen LogP contribution < -0.4 is 5.32 Å². The minimum atomic E-state index is 0.296. The predicted molar refractivity (Wildman–Crippen MR) is 82.7 cm³/mol. The molecule has 1 atom stereocenters. The fraction of sp³-hybridized carbons (Fsp3) is 0.647. The van der Waals surface area contributed by atoms with Gasteiger partial charge in [-0.1, -0.05) is 55.5 Å². The topological polar surface area (TPSA) is 21.3 Å². The normalized spacial score (nSPS) is 12.6. The molecule has 1 rings (SSSR count). The summed E-state index contributed by atoms with van der Waals surface area (Å²) in [4.78, 5) is 0. The fourth-order valence-corrected chi connectivity index (χ4v) is 2.39. The zero-order valence-corrected chi connectivity index (χ0v) is 13.0. The highest BCUT2D eigenvalue weighted by molar-refractivity contribution is 5.30. The van der Waals surface area contributed by atoms with Crippen molar-refractivity contribution in [1.29, 1.82) is 0 Å². The number of hydrogen-bond acceptors (Lipinski definition) is 2. The highest BCUT2D eigenvalue weighted by Gasteiger charge is 2.10. The summed E-state index contributed by atoms with van der Waals surface area (Å²) in [5.41, 5.74) is 3.96. The van der Waals surface area contributed by atoms with Crippen LogP contribution in [0, 0.1) is 13.8 Å². The van der Waals surface area contributed by atoms with E-state index in [-0.39, 0.29) is 0 Å². The Balaban J connectivity index is 2.40. The maximum atomic E-state index is 5.80. The van der Waals surface area contributed by atoms with Gasteiger partial charge in [0.25, 0.3) is 0 Å². The molecular weight excluding hydrogens is 234 g/mol. The maximum absolute atomic E-state index is 5.80. The molecule has 0 radical (unpaired) electrons. The van der Waals surface area contributed by atoms with Crippen LogP contribution in [0.15, 0.2) is 18.2 Å². The largest absolute Gasteiger partial charge is 0.379 e. The first-order chi connectivity index (χ1) is 9.17. The van der Waals surface area contributed by atoms with Gasteiger partial charge in [0.1, 0.15) is 0 Å². The van der Waals surface area contributed by atoms with Crippen LogP contribution in [0.25, 0.3) is 0 Å². The van der Waals surface area contributed by atoms with Gasteiger partial charge < -0.3 is 10.1 Å². The van der Waals surface area contributed by atoms with Gasteiger partial charge >= 0.3 is 0 Å². The van der Waals surface area contributed by atoms with E-state index >= 15 is 0 Å². The van der Waals surface area contributed by atoms with Gasteiger partial charge in [0.15, 0.2) is 0 Å². The van der Waals surface area contributed by atoms with E-state index in [4.69, 9.17) is 4.74 Å². The summed E-state index contributed by atoms with van der Waals surface area (Å²) in [6.45, 7) is 8.16. The molecule has 0 heterocycles. The van der Waals surface area contributed by atoms with Crippen LogP contribution in [0.4, 0.5) is 0 Å². The number of ether oxygens (including phenoxy) is 1. The smallest absolute Gasteiger partial charge is 0.0661 e. The van der Waals surface area contributed by atoms with Crippen molar-refractivity contribution in [2.45, 2.75) is 52.5 Å². The van der Waals surface area contributed by atoms with Gasteiger partial charge in [-0.2, -0.15) is 0 Å². The lowest BCUT2D eigenvalue weighted by atomic mass is 10.0. The molecule has 0 fully saturated rings. The molecule has 1 unspecified atom stereocenters. The highest BCUT2D eigenvalue weighted by Crippen LogP contribution is 2.17. The summed E-state index contributed by atoms with van der Waals surface area (Å²) in [6.07, 6.45) is 5.05. The molecule has 0 aromatic heterocycles. The summed E-state index contributed by atoms with van der Waals surface area (Å²) < 4.78 is 5.80. The number of nitrogens with one attached hydrogen (secondary N) is 1. The van der Waals surface area contributed by atoms with Crippen LogP contribution in [0.1, 0.15) is 55.3 Å². The molecule has 0 aliphatic rings. The molecule has 2 nitrogen and oxygen atoms in total. The highest BCUT2D eigenvalue weighted by atomic mass is 16.5. The number of benzene rings is 1. The summed E-state index contributed by atoms with van der Waals surface area (Å²) in [6, 6.07) is 7.00. The molecule has 1 aromatic carbocycles. The van der Waals surface area contributed by atoms with Crippen LogP contribution in [0.3, 0.4) is 0 Å². The molecule has 0 aliphatic carbocycles. The summed E-state index contributed by atoms with van der Waals surface area (Å²) in [7, 11) is 2.00. The summed E-state index contributed by atoms with van der Waals surface area (Å²) >= 11 is 0. The SMILES string of the molecule is CCCCCCOCC(NC)c1cc(C)cc(C)c1. The predicted octanol–water partition coefficient (Wildman–Crippen LogP) is 4.16. The van der Waals surface area contributed by atoms with E-state index < -0.39 is 0 Å². The zero-order valence-electron chi connectivity index (χ0n) is 13.0. The van der Waals surface area contributed by atoms with Gasteiger partial charge in [0, 0.05) is 6.61 Å². The lowest BCUT2D eigenvalue weighted by Gasteiger charge is -2.18. The molecule has 0 saturated heterocycles. The van der Waals surface area contributed by atoms with Crippen molar-refractivity contribution in [2.75, 3.05) is 20.3 Å². The first kappa shape index (κ1) is 16.2. The Labute approximate surface area is 118 Å². The van der Waals surface area contributed by atoms with Crippen LogP contribution in [-0.4, -0.2) is 20.3 Å². The van der Waals surface area contributed by atoms with Crippen LogP contribution >= 0.6 is 0 Å². The monoisotopic (exact) mass is 263 g/mol. The molecule has 0 aliphatic heterocycles. The maximum Gasteiger partial charge on any atom is 0.0661 e. The van der Waals surface area contributed by atoms with Crippen LogP contribution in [0.5, 0.6) is 0 Å². The fourth-order valence-electron chi connectivity index (χ4n) is 2.39. The summed E-state index contributed by atoms with van der Waals surface area (Å²) in [5, 5.41) is 3.35. The third-order valence-electron chi connectivity index (χ3n) is 3.42. The second-order valence-corrected chi connectivity index (χ2v) is 5.40. The van der Waals surface area contributed by atoms with Crippen molar-refractivity contribution < 1.29 is 4.74 Å². The number of hydrogen-bond donors (Lipinski definition) is 1. The second kappa shape index (κ2) is 9.11. The number of rotatable bonds is 9. The van der Waals surface area contributed by atoms with E-state index in [2.05, 4.69) is 44.3 Å². The molecule has 0 bridgehead atoms. The third kappa shape index (κ3) is 6.22. The average Bonchev–Trinajstić information content (AvgIpc) is 2.37. The first-order valence-electron chi connectivity index (χ1n) is 7.50. The molecular formula is C17H29NO. The zero-order chi connectivity index (χ0) is 14.1. The van der Waals surface area contributed by atoms with Crippen molar-refractivity contribution in [3.8, 4) is 0 Å². The minimum absolute atomic E-state index is 0.296. The van der Waals surface area contributed by atoms with E-state index in [1.54, 1.807) is 0 Å². The second-order valence-electron chi connectivity index (χ2n) is 5.40. The number of likely N-dealkylation sites (N-methyl/N-ethyl adjacent to an activating group) is 1. The lowest BCUT2D eigenvalue weighted by Crippen LogP contribution is -2.22. The molecule has 1 N–H and O–H groups in total. The standard InChI is InChI=1S/C17H29NO/c1-5-6-7-8-9-19-13-17(18-4)16-11-14(2)10-15(3)12-16/h10-12,17-18H,5-9,13H2,1-4H3. The van der Waals surface area contributed by atoms with Crippen molar-refractivity contribution >= 4 is 0 Å². The van der Waals surface area contributed by atoms with Crippen molar-refractivity contribution in [2.24, 2.45) is 0 Å². The molecule has 2 heteroatoms. The van der Waals surface area contributed by atoms with Crippen LogP contribution in [-0.2, 0) is 4.74 Å². The van der Waals surface area contributed by atoms with Gasteiger partial charge in [-0.15, -0.1) is 0 Å². The van der Waals surface area contributed by atoms with Crippen molar-refractivity contribution in [3.05, 3.63) is 34.9 Å². The van der Waals surface area contributed by atoms with E-state index in [1.807, 2.05) is 7.05 Å². The van der Waals surface area contributed by atoms with Crippen LogP contribution in [0.2, 0.25) is 0 Å². The Bertz CT molecular complexity index is 342. The average molecular weight is 263 g/mol. The van der Waals surface area contributed by atoms with E-state index in [0.29, 0.717) is 6.04 Å². The quantitative estimate of drug-likeness (QED) is 0.675. The molecule has 0 amide bonds. The van der Waals surface area contributed by atoms with Crippen molar-refractivity contribution in [1.82, 2.24) is 5.32 Å². The Morgan fingerprint density at radius 1 is 1.05 bits per heavy atom. The summed E-state index contributed by atoms with van der Waals surface area (Å²) in [5.74, 6) is 0.